The summed E-state index contributed by atoms with van der Waals surface area (Å²) in [6.07, 6.45) is 4.05. The second kappa shape index (κ2) is 6.05. The molecule has 1 amide bonds. The van der Waals surface area contributed by atoms with Gasteiger partial charge < -0.3 is 10.0 Å². The van der Waals surface area contributed by atoms with Gasteiger partial charge in [-0.05, 0) is 13.8 Å². The van der Waals surface area contributed by atoms with Crippen LogP contribution in [0.1, 0.15) is 19.5 Å². The van der Waals surface area contributed by atoms with Crippen LogP contribution in [0, 0.1) is 11.3 Å². The normalized spacial score (nSPS) is 16.6. The lowest BCUT2D eigenvalue weighted by molar-refractivity contribution is 0.0843. The molecule has 3 rings (SSSR count). The molecule has 1 fully saturated rings. The quantitative estimate of drug-likeness (QED) is 0.877. The molecule has 2 aromatic rings. The second-order valence-electron chi connectivity index (χ2n) is 6.61. The molecular formula is C16H19N7O2. The Morgan fingerprint density at radius 2 is 2.12 bits per heavy atom. The van der Waals surface area contributed by atoms with Crippen molar-refractivity contribution in [1.29, 1.82) is 5.26 Å². The summed E-state index contributed by atoms with van der Waals surface area (Å²) in [5.74, 6) is 0.621. The minimum absolute atomic E-state index is 0.236. The van der Waals surface area contributed by atoms with E-state index >= 15 is 0 Å². The van der Waals surface area contributed by atoms with Crippen LogP contribution in [0.3, 0.4) is 0 Å². The highest BCUT2D eigenvalue weighted by molar-refractivity contribution is 5.67. The number of anilines is 1. The van der Waals surface area contributed by atoms with E-state index in [2.05, 4.69) is 21.1 Å². The summed E-state index contributed by atoms with van der Waals surface area (Å²) >= 11 is 0. The van der Waals surface area contributed by atoms with Crippen LogP contribution < -0.4 is 4.90 Å². The molecule has 1 aliphatic heterocycles. The third kappa shape index (κ3) is 3.10. The number of nitrogens with zero attached hydrogens (tertiary/aromatic N) is 7. The number of aryl methyl sites for hydroxylation is 1. The molecule has 0 radical (unpaired) electrons. The molecule has 0 bridgehead atoms. The fraction of sp³-hybridized carbons (Fsp3) is 0.438. The number of amides is 1. The zero-order chi connectivity index (χ0) is 18.2. The predicted octanol–water partition coefficient (Wildman–Crippen LogP) is 1.33. The number of carbonyl (C=O) groups is 1. The van der Waals surface area contributed by atoms with Crippen LogP contribution in [-0.4, -0.2) is 61.0 Å². The van der Waals surface area contributed by atoms with Gasteiger partial charge in [0.2, 0.25) is 0 Å². The first-order chi connectivity index (χ1) is 11.8. The molecule has 3 heterocycles. The lowest BCUT2D eigenvalue weighted by Crippen LogP contribution is -2.61. The Morgan fingerprint density at radius 3 is 2.68 bits per heavy atom. The number of piperazine rings is 1. The van der Waals surface area contributed by atoms with Gasteiger partial charge in [0.25, 0.3) is 0 Å². The van der Waals surface area contributed by atoms with Crippen molar-refractivity contribution < 1.29 is 9.90 Å². The Labute approximate surface area is 145 Å². The van der Waals surface area contributed by atoms with Gasteiger partial charge in [-0.25, -0.2) is 14.8 Å². The zero-order valence-electron chi connectivity index (χ0n) is 14.3. The minimum Gasteiger partial charge on any atom is -0.465 e. The fourth-order valence-electron chi connectivity index (χ4n) is 3.06. The molecule has 0 spiro atoms. The van der Waals surface area contributed by atoms with Gasteiger partial charge in [-0.2, -0.15) is 10.4 Å². The van der Waals surface area contributed by atoms with E-state index in [9.17, 15) is 15.2 Å². The van der Waals surface area contributed by atoms with Crippen molar-refractivity contribution in [1.82, 2.24) is 24.6 Å². The molecule has 1 saturated heterocycles. The summed E-state index contributed by atoms with van der Waals surface area (Å²) in [4.78, 5) is 23.6. The molecule has 9 nitrogen and oxygen atoms in total. The number of rotatable bonds is 2. The molecule has 9 heteroatoms. The summed E-state index contributed by atoms with van der Waals surface area (Å²) in [6.45, 7) is 5.15. The van der Waals surface area contributed by atoms with Gasteiger partial charge in [0, 0.05) is 38.4 Å². The van der Waals surface area contributed by atoms with E-state index in [1.54, 1.807) is 30.3 Å². The highest BCUT2D eigenvalue weighted by Crippen LogP contribution is 2.27. The molecule has 2 aromatic heterocycles. The first kappa shape index (κ1) is 16.7. The molecule has 0 aliphatic carbocycles. The molecular weight excluding hydrogens is 322 g/mol. The van der Waals surface area contributed by atoms with Gasteiger partial charge in [0.15, 0.2) is 5.69 Å². The Hall–Kier alpha value is -3.15. The van der Waals surface area contributed by atoms with Crippen molar-refractivity contribution in [3.8, 4) is 17.3 Å². The highest BCUT2D eigenvalue weighted by Gasteiger charge is 2.37. The molecule has 0 atom stereocenters. The number of hydrogen-bond acceptors (Lipinski definition) is 6. The lowest BCUT2D eigenvalue weighted by atomic mass is 9.99. The third-order valence-corrected chi connectivity index (χ3v) is 4.30. The second-order valence-corrected chi connectivity index (χ2v) is 6.61. The maximum atomic E-state index is 11.4. The van der Waals surface area contributed by atoms with Crippen LogP contribution >= 0.6 is 0 Å². The molecule has 0 saturated carbocycles. The van der Waals surface area contributed by atoms with Gasteiger partial charge in [-0.15, -0.1) is 0 Å². The maximum absolute atomic E-state index is 11.4. The van der Waals surface area contributed by atoms with Gasteiger partial charge in [-0.1, -0.05) is 0 Å². The average Bonchev–Trinajstić information content (AvgIpc) is 2.99. The lowest BCUT2D eigenvalue weighted by Gasteiger charge is -2.45. The standard InChI is InChI=1S/C16H19N7O2/c1-16(2)10-22(4-5-23(16)15(24)25)13-8-18-12(6-17)14(20-13)11-7-19-21(3)9-11/h7-9H,4-5,10H2,1-3H3,(H,24,25). The van der Waals surface area contributed by atoms with Crippen LogP contribution in [0.5, 0.6) is 0 Å². The Bertz CT molecular complexity index is 852. The van der Waals surface area contributed by atoms with Crippen molar-refractivity contribution in [3.63, 3.8) is 0 Å². The Kier molecular flexibility index (Phi) is 4.04. The van der Waals surface area contributed by atoms with E-state index < -0.39 is 11.6 Å². The fourth-order valence-corrected chi connectivity index (χ4v) is 3.06. The SMILES string of the molecule is Cn1cc(-c2nc(N3CCN(C(=O)O)C(C)(C)C3)cnc2C#N)cn1. The first-order valence-electron chi connectivity index (χ1n) is 7.83. The smallest absolute Gasteiger partial charge is 0.407 e. The number of carboxylic acid groups (broad SMARTS) is 1. The summed E-state index contributed by atoms with van der Waals surface area (Å²) in [5.41, 5.74) is 0.886. The molecule has 0 unspecified atom stereocenters. The van der Waals surface area contributed by atoms with Crippen molar-refractivity contribution in [2.45, 2.75) is 19.4 Å². The number of nitriles is 1. The largest absolute Gasteiger partial charge is 0.465 e. The third-order valence-electron chi connectivity index (χ3n) is 4.30. The highest BCUT2D eigenvalue weighted by atomic mass is 16.4. The molecule has 1 aliphatic rings. The van der Waals surface area contributed by atoms with Crippen LogP contribution in [0.2, 0.25) is 0 Å². The van der Waals surface area contributed by atoms with E-state index in [1.165, 1.54) is 4.90 Å². The van der Waals surface area contributed by atoms with Gasteiger partial charge in [-0.3, -0.25) is 9.58 Å². The summed E-state index contributed by atoms with van der Waals surface area (Å²) in [5, 5.41) is 22.7. The number of aromatic nitrogens is 4. The van der Waals surface area contributed by atoms with Crippen molar-refractivity contribution in [2.24, 2.45) is 7.05 Å². The van der Waals surface area contributed by atoms with E-state index in [0.717, 1.165) is 5.56 Å². The summed E-state index contributed by atoms with van der Waals surface area (Å²) in [6, 6.07) is 2.06. The van der Waals surface area contributed by atoms with E-state index in [1.807, 2.05) is 18.7 Å². The monoisotopic (exact) mass is 341 g/mol. The number of hydrogen-bond donors (Lipinski definition) is 1. The molecule has 1 N–H and O–H groups in total. The Morgan fingerprint density at radius 1 is 1.36 bits per heavy atom. The predicted molar refractivity (Wildman–Crippen MR) is 90.0 cm³/mol. The van der Waals surface area contributed by atoms with E-state index in [-0.39, 0.29) is 5.69 Å². The molecule has 25 heavy (non-hydrogen) atoms. The van der Waals surface area contributed by atoms with Crippen LogP contribution in [0.4, 0.5) is 10.6 Å². The van der Waals surface area contributed by atoms with Crippen molar-refractivity contribution in [2.75, 3.05) is 24.5 Å². The van der Waals surface area contributed by atoms with Crippen molar-refractivity contribution in [3.05, 3.63) is 24.3 Å². The first-order valence-corrected chi connectivity index (χ1v) is 7.83. The van der Waals surface area contributed by atoms with Gasteiger partial charge in [0.05, 0.1) is 17.9 Å². The Balaban J connectivity index is 1.94. The topological polar surface area (TPSA) is 111 Å². The summed E-state index contributed by atoms with van der Waals surface area (Å²) < 4.78 is 1.64. The average molecular weight is 341 g/mol. The van der Waals surface area contributed by atoms with Crippen molar-refractivity contribution >= 4 is 11.9 Å². The van der Waals surface area contributed by atoms with Gasteiger partial charge in [0.1, 0.15) is 17.6 Å². The van der Waals surface area contributed by atoms with Gasteiger partial charge >= 0.3 is 6.09 Å². The zero-order valence-corrected chi connectivity index (χ0v) is 14.3. The summed E-state index contributed by atoms with van der Waals surface area (Å²) in [7, 11) is 1.79. The van der Waals surface area contributed by atoms with Crippen LogP contribution in [0.25, 0.3) is 11.3 Å². The van der Waals surface area contributed by atoms with E-state index in [4.69, 9.17) is 0 Å². The van der Waals surface area contributed by atoms with E-state index in [0.29, 0.717) is 31.1 Å². The minimum atomic E-state index is -0.924. The molecule has 130 valence electrons. The van der Waals surface area contributed by atoms with Crippen LogP contribution in [-0.2, 0) is 7.05 Å². The molecule has 0 aromatic carbocycles. The maximum Gasteiger partial charge on any atom is 0.407 e. The van der Waals surface area contributed by atoms with Crippen LogP contribution in [0.15, 0.2) is 18.6 Å².